The van der Waals surface area contributed by atoms with Gasteiger partial charge in [0.1, 0.15) is 0 Å². The number of fused-ring (bicyclic) bond motifs is 1. The maximum atomic E-state index is 5.02. The van der Waals surface area contributed by atoms with Gasteiger partial charge in [0, 0.05) is 38.7 Å². The molecule has 1 aliphatic heterocycles. The van der Waals surface area contributed by atoms with E-state index in [-0.39, 0.29) is 0 Å². The number of nitrogens with one attached hydrogen (secondary N) is 1. The van der Waals surface area contributed by atoms with Crippen molar-refractivity contribution in [1.82, 2.24) is 10.3 Å². The van der Waals surface area contributed by atoms with Crippen LogP contribution in [0.15, 0.2) is 29.6 Å². The average molecular weight is 303 g/mol. The fraction of sp³-hybridized carbons (Fsp3) is 0.438. The van der Waals surface area contributed by atoms with E-state index < -0.39 is 0 Å². The molecule has 0 spiro atoms. The Morgan fingerprint density at radius 3 is 3.05 bits per heavy atom. The van der Waals surface area contributed by atoms with Crippen molar-refractivity contribution in [2.75, 3.05) is 31.7 Å². The van der Waals surface area contributed by atoms with Crippen LogP contribution in [-0.4, -0.2) is 31.8 Å². The molecule has 0 aliphatic carbocycles. The van der Waals surface area contributed by atoms with Gasteiger partial charge in [0.05, 0.1) is 12.3 Å². The Bertz CT molecular complexity index is 584. The number of hydrogen-bond donors (Lipinski definition) is 1. The van der Waals surface area contributed by atoms with Crippen LogP contribution in [0, 0.1) is 0 Å². The lowest BCUT2D eigenvalue weighted by Crippen LogP contribution is -2.30. The highest BCUT2D eigenvalue weighted by Crippen LogP contribution is 2.27. The quantitative estimate of drug-likeness (QED) is 0.832. The van der Waals surface area contributed by atoms with Crippen LogP contribution in [0.1, 0.15) is 16.8 Å². The third-order valence-corrected chi connectivity index (χ3v) is 4.68. The van der Waals surface area contributed by atoms with Gasteiger partial charge in [-0.05, 0) is 17.5 Å². The molecule has 112 valence electrons. The van der Waals surface area contributed by atoms with Gasteiger partial charge in [0.25, 0.3) is 0 Å². The molecule has 0 fully saturated rings. The van der Waals surface area contributed by atoms with E-state index in [1.54, 1.807) is 18.4 Å². The number of hydrogen-bond acceptors (Lipinski definition) is 5. The summed E-state index contributed by atoms with van der Waals surface area (Å²) in [7, 11) is 1.72. The molecule has 0 amide bonds. The first-order valence-electron chi connectivity index (χ1n) is 7.32. The molecule has 0 bridgehead atoms. The lowest BCUT2D eigenvalue weighted by Gasteiger charge is -2.28. The Kier molecular flexibility index (Phi) is 4.85. The molecule has 3 rings (SSSR count). The molecule has 1 aliphatic rings. The molecule has 0 radical (unpaired) electrons. The van der Waals surface area contributed by atoms with E-state index in [0.29, 0.717) is 0 Å². The molecule has 2 aromatic rings. The highest BCUT2D eigenvalue weighted by atomic mass is 32.1. The van der Waals surface area contributed by atoms with Gasteiger partial charge >= 0.3 is 0 Å². The average Bonchev–Trinajstić information content (AvgIpc) is 3.00. The van der Waals surface area contributed by atoms with Crippen LogP contribution >= 0.6 is 11.3 Å². The predicted octanol–water partition coefficient (Wildman–Crippen LogP) is 2.44. The van der Waals surface area contributed by atoms with Crippen molar-refractivity contribution in [3.8, 4) is 0 Å². The number of aromatic nitrogens is 1. The maximum Gasteiger partial charge on any atom is 0.185 e. The van der Waals surface area contributed by atoms with E-state index in [1.807, 2.05) is 0 Å². The summed E-state index contributed by atoms with van der Waals surface area (Å²) in [4.78, 5) is 7.13. The van der Waals surface area contributed by atoms with Gasteiger partial charge in [-0.2, -0.15) is 0 Å². The van der Waals surface area contributed by atoms with E-state index in [4.69, 9.17) is 9.72 Å². The second-order valence-electron chi connectivity index (χ2n) is 5.23. The maximum absolute atomic E-state index is 5.02. The van der Waals surface area contributed by atoms with Crippen molar-refractivity contribution in [2.45, 2.75) is 19.5 Å². The second kappa shape index (κ2) is 7.02. The van der Waals surface area contributed by atoms with Crippen molar-refractivity contribution in [1.29, 1.82) is 0 Å². The normalized spacial score (nSPS) is 14.2. The van der Waals surface area contributed by atoms with Gasteiger partial charge in [-0.1, -0.05) is 24.3 Å². The van der Waals surface area contributed by atoms with Crippen molar-refractivity contribution in [3.05, 3.63) is 46.5 Å². The summed E-state index contributed by atoms with van der Waals surface area (Å²) >= 11 is 1.74. The van der Waals surface area contributed by atoms with Crippen molar-refractivity contribution < 1.29 is 4.74 Å². The topological polar surface area (TPSA) is 37.4 Å². The van der Waals surface area contributed by atoms with E-state index in [9.17, 15) is 0 Å². The Hall–Kier alpha value is -1.43. The van der Waals surface area contributed by atoms with Gasteiger partial charge in [-0.15, -0.1) is 11.3 Å². The number of ether oxygens (including phenoxy) is 1. The minimum Gasteiger partial charge on any atom is -0.383 e. The number of benzene rings is 1. The van der Waals surface area contributed by atoms with E-state index in [2.05, 4.69) is 39.9 Å². The third-order valence-electron chi connectivity index (χ3n) is 3.73. The smallest absolute Gasteiger partial charge is 0.185 e. The number of methoxy groups -OCH3 is 1. The third kappa shape index (κ3) is 3.61. The largest absolute Gasteiger partial charge is 0.383 e. The van der Waals surface area contributed by atoms with Crippen molar-refractivity contribution in [3.63, 3.8) is 0 Å². The number of rotatable bonds is 6. The van der Waals surface area contributed by atoms with Crippen LogP contribution < -0.4 is 10.2 Å². The van der Waals surface area contributed by atoms with Crippen LogP contribution in [0.25, 0.3) is 0 Å². The fourth-order valence-corrected chi connectivity index (χ4v) is 3.42. The molecular weight excluding hydrogens is 282 g/mol. The van der Waals surface area contributed by atoms with Crippen LogP contribution in [0.4, 0.5) is 5.13 Å². The molecule has 1 aromatic carbocycles. The lowest BCUT2D eigenvalue weighted by molar-refractivity contribution is 0.199. The molecule has 2 heterocycles. The van der Waals surface area contributed by atoms with Crippen molar-refractivity contribution >= 4 is 16.5 Å². The van der Waals surface area contributed by atoms with Crippen molar-refractivity contribution in [2.24, 2.45) is 0 Å². The molecule has 21 heavy (non-hydrogen) atoms. The summed E-state index contributed by atoms with van der Waals surface area (Å²) in [6.45, 7) is 4.44. The van der Waals surface area contributed by atoms with E-state index >= 15 is 0 Å². The number of anilines is 1. The summed E-state index contributed by atoms with van der Waals surface area (Å²) in [6.07, 6.45) is 1.11. The van der Waals surface area contributed by atoms with Gasteiger partial charge in [0.15, 0.2) is 5.13 Å². The predicted molar refractivity (Wildman–Crippen MR) is 86.9 cm³/mol. The van der Waals surface area contributed by atoms with Crippen LogP contribution in [0.2, 0.25) is 0 Å². The van der Waals surface area contributed by atoms with Crippen LogP contribution in [-0.2, 0) is 24.2 Å². The highest BCUT2D eigenvalue weighted by molar-refractivity contribution is 7.13. The zero-order chi connectivity index (χ0) is 14.5. The fourth-order valence-electron chi connectivity index (χ4n) is 2.57. The summed E-state index contributed by atoms with van der Waals surface area (Å²) in [5.41, 5.74) is 4.02. The Morgan fingerprint density at radius 2 is 2.19 bits per heavy atom. The highest BCUT2D eigenvalue weighted by Gasteiger charge is 2.18. The molecule has 0 saturated heterocycles. The van der Waals surface area contributed by atoms with Crippen LogP contribution in [0.3, 0.4) is 0 Å². The van der Waals surface area contributed by atoms with E-state index in [0.717, 1.165) is 50.0 Å². The Balaban J connectivity index is 1.59. The standard InChI is InChI=1S/C16H21N3OS/c1-20-9-7-17-10-15-12-21-16(18-15)19-8-6-13-4-2-3-5-14(13)11-19/h2-5,12,17H,6-11H2,1H3. The monoisotopic (exact) mass is 303 g/mol. The first-order chi connectivity index (χ1) is 10.4. The molecule has 1 aromatic heterocycles. The minimum atomic E-state index is 0.736. The molecular formula is C16H21N3OS. The summed E-state index contributed by atoms with van der Waals surface area (Å²) in [5.74, 6) is 0. The molecule has 5 heteroatoms. The zero-order valence-corrected chi connectivity index (χ0v) is 13.2. The first-order valence-corrected chi connectivity index (χ1v) is 8.20. The summed E-state index contributed by atoms with van der Waals surface area (Å²) < 4.78 is 5.02. The van der Waals surface area contributed by atoms with Gasteiger partial charge in [0.2, 0.25) is 0 Å². The lowest BCUT2D eigenvalue weighted by atomic mass is 10.0. The molecule has 4 nitrogen and oxygen atoms in total. The Morgan fingerprint density at radius 1 is 1.33 bits per heavy atom. The van der Waals surface area contributed by atoms with Gasteiger partial charge in [-0.3, -0.25) is 0 Å². The minimum absolute atomic E-state index is 0.736. The number of thiazole rings is 1. The number of nitrogens with zero attached hydrogens (tertiary/aromatic N) is 2. The van der Waals surface area contributed by atoms with Gasteiger partial charge < -0.3 is 15.0 Å². The zero-order valence-electron chi connectivity index (χ0n) is 12.3. The van der Waals surface area contributed by atoms with Gasteiger partial charge in [-0.25, -0.2) is 4.98 Å². The van der Waals surface area contributed by atoms with E-state index in [1.165, 1.54) is 11.1 Å². The summed E-state index contributed by atoms with van der Waals surface area (Å²) in [5, 5.41) is 6.62. The first kappa shape index (κ1) is 14.5. The molecule has 0 unspecified atom stereocenters. The summed E-state index contributed by atoms with van der Waals surface area (Å²) in [6, 6.07) is 8.71. The van der Waals surface area contributed by atoms with Crippen LogP contribution in [0.5, 0.6) is 0 Å². The Labute approximate surface area is 129 Å². The second-order valence-corrected chi connectivity index (χ2v) is 6.07. The molecule has 1 N–H and O–H groups in total. The molecule has 0 saturated carbocycles. The molecule has 0 atom stereocenters. The SMILES string of the molecule is COCCNCc1csc(N2CCc3ccccc3C2)n1.